The first-order chi connectivity index (χ1) is 11.1. The van der Waals surface area contributed by atoms with E-state index in [0.29, 0.717) is 6.04 Å². The van der Waals surface area contributed by atoms with Crippen molar-refractivity contribution in [2.24, 2.45) is 0 Å². The molecular weight excluding hydrogens is 287 g/mol. The van der Waals surface area contributed by atoms with Gasteiger partial charge >= 0.3 is 0 Å². The Bertz CT molecular complexity index is 660. The van der Waals surface area contributed by atoms with Gasteiger partial charge in [-0.2, -0.15) is 0 Å². The third-order valence-electron chi connectivity index (χ3n) is 4.64. The molecule has 122 valence electrons. The molecule has 0 amide bonds. The van der Waals surface area contributed by atoms with E-state index in [1.165, 1.54) is 22.9 Å². The number of hydrogen-bond acceptors (Lipinski definition) is 2. The number of hydrogen-bond donors (Lipinski definition) is 1. The quantitative estimate of drug-likeness (QED) is 0.893. The Hall–Kier alpha value is -1.87. The van der Waals surface area contributed by atoms with E-state index in [1.807, 2.05) is 6.07 Å². The predicted molar refractivity (Wildman–Crippen MR) is 94.2 cm³/mol. The van der Waals surface area contributed by atoms with Crippen molar-refractivity contribution in [3.05, 3.63) is 65.0 Å². The summed E-state index contributed by atoms with van der Waals surface area (Å²) in [6.07, 6.45) is 2.26. The van der Waals surface area contributed by atoms with Gasteiger partial charge in [0.2, 0.25) is 0 Å². The van der Waals surface area contributed by atoms with Crippen molar-refractivity contribution in [1.29, 1.82) is 0 Å². The molecule has 3 rings (SSSR count). The van der Waals surface area contributed by atoms with Crippen LogP contribution in [0.4, 0.5) is 10.1 Å². The van der Waals surface area contributed by atoms with Crippen LogP contribution in [0.1, 0.15) is 29.5 Å². The highest BCUT2D eigenvalue weighted by Crippen LogP contribution is 2.22. The van der Waals surface area contributed by atoms with Crippen molar-refractivity contribution in [2.75, 3.05) is 18.4 Å². The lowest BCUT2D eigenvalue weighted by molar-refractivity contribution is 0.211. The summed E-state index contributed by atoms with van der Waals surface area (Å²) in [6.45, 7) is 7.24. The van der Waals surface area contributed by atoms with Crippen LogP contribution in [0.3, 0.4) is 0 Å². The molecule has 0 aliphatic carbocycles. The van der Waals surface area contributed by atoms with Crippen LogP contribution in [0.5, 0.6) is 0 Å². The normalized spacial score (nSPS) is 16.5. The van der Waals surface area contributed by atoms with Gasteiger partial charge in [0.1, 0.15) is 5.82 Å². The van der Waals surface area contributed by atoms with Crippen molar-refractivity contribution in [3.8, 4) is 0 Å². The van der Waals surface area contributed by atoms with E-state index in [0.717, 1.165) is 38.0 Å². The minimum Gasteiger partial charge on any atom is -0.382 e. The van der Waals surface area contributed by atoms with E-state index in [-0.39, 0.29) is 5.82 Å². The summed E-state index contributed by atoms with van der Waals surface area (Å²) >= 11 is 0. The first kappa shape index (κ1) is 16.0. The minimum atomic E-state index is -0.144. The number of benzene rings is 2. The standard InChI is InChI=1S/C20H25FN2/c1-15-6-7-16(2)20(12-15)22-19-8-10-23(11-9-19)14-17-4-3-5-18(21)13-17/h3-7,12-13,19,22H,8-11,14H2,1-2H3. The van der Waals surface area contributed by atoms with E-state index >= 15 is 0 Å². The molecule has 1 heterocycles. The van der Waals surface area contributed by atoms with Crippen molar-refractivity contribution in [3.63, 3.8) is 0 Å². The van der Waals surface area contributed by atoms with Crippen molar-refractivity contribution in [1.82, 2.24) is 4.90 Å². The van der Waals surface area contributed by atoms with Gasteiger partial charge in [0.15, 0.2) is 0 Å². The van der Waals surface area contributed by atoms with Gasteiger partial charge in [-0.3, -0.25) is 4.90 Å². The molecule has 1 aliphatic heterocycles. The average molecular weight is 312 g/mol. The Morgan fingerprint density at radius 3 is 2.61 bits per heavy atom. The zero-order valence-electron chi connectivity index (χ0n) is 14.0. The monoisotopic (exact) mass is 312 g/mol. The molecule has 2 aromatic rings. The fourth-order valence-electron chi connectivity index (χ4n) is 3.24. The van der Waals surface area contributed by atoms with E-state index in [9.17, 15) is 4.39 Å². The number of likely N-dealkylation sites (tertiary alicyclic amines) is 1. The minimum absolute atomic E-state index is 0.144. The molecule has 3 heteroatoms. The van der Waals surface area contributed by atoms with E-state index < -0.39 is 0 Å². The highest BCUT2D eigenvalue weighted by atomic mass is 19.1. The van der Waals surface area contributed by atoms with Gasteiger partial charge in [0.05, 0.1) is 0 Å². The maximum atomic E-state index is 13.3. The van der Waals surface area contributed by atoms with Gasteiger partial charge in [0.25, 0.3) is 0 Å². The van der Waals surface area contributed by atoms with Crippen LogP contribution in [-0.4, -0.2) is 24.0 Å². The van der Waals surface area contributed by atoms with E-state index in [2.05, 4.69) is 42.3 Å². The van der Waals surface area contributed by atoms with Gasteiger partial charge < -0.3 is 5.32 Å². The largest absolute Gasteiger partial charge is 0.382 e. The molecule has 2 nitrogen and oxygen atoms in total. The molecule has 0 spiro atoms. The average Bonchev–Trinajstić information content (AvgIpc) is 2.53. The molecular formula is C20H25FN2. The van der Waals surface area contributed by atoms with Crippen LogP contribution >= 0.6 is 0 Å². The SMILES string of the molecule is Cc1ccc(C)c(NC2CCN(Cc3cccc(F)c3)CC2)c1. The van der Waals surface area contributed by atoms with Gasteiger partial charge in [0, 0.05) is 31.4 Å². The lowest BCUT2D eigenvalue weighted by Crippen LogP contribution is -2.38. The van der Waals surface area contributed by atoms with Gasteiger partial charge in [-0.05, 0) is 61.6 Å². The van der Waals surface area contributed by atoms with E-state index in [1.54, 1.807) is 12.1 Å². The maximum Gasteiger partial charge on any atom is 0.123 e. The molecule has 0 radical (unpaired) electrons. The summed E-state index contributed by atoms with van der Waals surface area (Å²) in [5.74, 6) is -0.144. The number of halogens is 1. The summed E-state index contributed by atoms with van der Waals surface area (Å²) in [4.78, 5) is 2.41. The number of anilines is 1. The summed E-state index contributed by atoms with van der Waals surface area (Å²) in [7, 11) is 0. The number of aryl methyl sites for hydroxylation is 2. The number of piperidine rings is 1. The molecule has 1 fully saturated rings. The molecule has 0 unspecified atom stereocenters. The second-order valence-electron chi connectivity index (χ2n) is 6.64. The zero-order valence-corrected chi connectivity index (χ0v) is 14.0. The number of nitrogens with one attached hydrogen (secondary N) is 1. The van der Waals surface area contributed by atoms with Crippen LogP contribution in [0.25, 0.3) is 0 Å². The first-order valence-corrected chi connectivity index (χ1v) is 8.41. The Balaban J connectivity index is 1.53. The van der Waals surface area contributed by atoms with Crippen LogP contribution in [-0.2, 0) is 6.54 Å². The molecule has 0 atom stereocenters. The Morgan fingerprint density at radius 2 is 1.87 bits per heavy atom. The molecule has 0 aromatic heterocycles. The highest BCUT2D eigenvalue weighted by molar-refractivity contribution is 5.53. The third-order valence-corrected chi connectivity index (χ3v) is 4.64. The predicted octanol–water partition coefficient (Wildman–Crippen LogP) is 4.52. The van der Waals surface area contributed by atoms with Crippen molar-refractivity contribution >= 4 is 5.69 Å². The Morgan fingerprint density at radius 1 is 1.09 bits per heavy atom. The Kier molecular flexibility index (Phi) is 4.97. The fraction of sp³-hybridized carbons (Fsp3) is 0.400. The van der Waals surface area contributed by atoms with E-state index in [4.69, 9.17) is 0 Å². The Labute approximate surface area is 138 Å². The molecule has 23 heavy (non-hydrogen) atoms. The van der Waals surface area contributed by atoms with Gasteiger partial charge in [-0.25, -0.2) is 4.39 Å². The fourth-order valence-corrected chi connectivity index (χ4v) is 3.24. The molecule has 1 N–H and O–H groups in total. The third kappa shape index (κ3) is 4.32. The number of rotatable bonds is 4. The smallest absolute Gasteiger partial charge is 0.123 e. The zero-order chi connectivity index (χ0) is 16.2. The molecule has 0 saturated carbocycles. The second-order valence-corrected chi connectivity index (χ2v) is 6.64. The summed E-state index contributed by atoms with van der Waals surface area (Å²) in [5, 5.41) is 3.70. The lowest BCUT2D eigenvalue weighted by Gasteiger charge is -2.33. The van der Waals surface area contributed by atoms with Crippen molar-refractivity contribution < 1.29 is 4.39 Å². The van der Waals surface area contributed by atoms with Gasteiger partial charge in [-0.15, -0.1) is 0 Å². The van der Waals surface area contributed by atoms with Crippen LogP contribution < -0.4 is 5.32 Å². The van der Waals surface area contributed by atoms with Gasteiger partial charge in [-0.1, -0.05) is 24.3 Å². The van der Waals surface area contributed by atoms with Crippen LogP contribution in [0, 0.1) is 19.7 Å². The first-order valence-electron chi connectivity index (χ1n) is 8.41. The summed E-state index contributed by atoms with van der Waals surface area (Å²) < 4.78 is 13.3. The number of nitrogens with zero attached hydrogens (tertiary/aromatic N) is 1. The van der Waals surface area contributed by atoms with Crippen molar-refractivity contribution in [2.45, 2.75) is 39.3 Å². The summed E-state index contributed by atoms with van der Waals surface area (Å²) in [5.41, 5.74) is 4.92. The highest BCUT2D eigenvalue weighted by Gasteiger charge is 2.19. The lowest BCUT2D eigenvalue weighted by atomic mass is 10.0. The molecule has 2 aromatic carbocycles. The van der Waals surface area contributed by atoms with Crippen LogP contribution in [0.15, 0.2) is 42.5 Å². The molecule has 1 aliphatic rings. The maximum absolute atomic E-state index is 13.3. The topological polar surface area (TPSA) is 15.3 Å². The molecule has 0 bridgehead atoms. The van der Waals surface area contributed by atoms with Crippen LogP contribution in [0.2, 0.25) is 0 Å². The summed E-state index contributed by atoms with van der Waals surface area (Å²) in [6, 6.07) is 14.0. The second kappa shape index (κ2) is 7.14. The molecule has 1 saturated heterocycles.